The van der Waals surface area contributed by atoms with Gasteiger partial charge in [0.15, 0.2) is 5.96 Å². The first-order chi connectivity index (χ1) is 14.2. The Labute approximate surface area is 173 Å². The van der Waals surface area contributed by atoms with E-state index in [4.69, 9.17) is 14.5 Å². The number of ether oxygens (including phenoxy) is 2. The summed E-state index contributed by atoms with van der Waals surface area (Å²) in [6.07, 6.45) is 5.41. The van der Waals surface area contributed by atoms with Crippen LogP contribution in [0.4, 0.5) is 10.1 Å². The van der Waals surface area contributed by atoms with Crippen molar-refractivity contribution in [3.05, 3.63) is 30.1 Å². The number of nitrogens with zero attached hydrogens (tertiary/aromatic N) is 2. The van der Waals surface area contributed by atoms with Crippen LogP contribution in [-0.2, 0) is 9.47 Å². The Morgan fingerprint density at radius 2 is 2.17 bits per heavy atom. The van der Waals surface area contributed by atoms with Crippen molar-refractivity contribution in [1.82, 2.24) is 10.6 Å². The minimum atomic E-state index is -0.185. The monoisotopic (exact) mass is 406 g/mol. The maximum Gasteiger partial charge on any atom is 0.191 e. The smallest absolute Gasteiger partial charge is 0.191 e. The molecule has 2 aliphatic rings. The van der Waals surface area contributed by atoms with Gasteiger partial charge >= 0.3 is 0 Å². The Balaban J connectivity index is 1.44. The lowest BCUT2D eigenvalue weighted by Crippen LogP contribution is -2.51. The first-order valence-corrected chi connectivity index (χ1v) is 11.0. The summed E-state index contributed by atoms with van der Waals surface area (Å²) in [5.41, 5.74) is 0.948. The van der Waals surface area contributed by atoms with Gasteiger partial charge < -0.3 is 25.0 Å². The number of aliphatic imine (C=N–C) groups is 1. The van der Waals surface area contributed by atoms with Gasteiger partial charge in [-0.2, -0.15) is 0 Å². The zero-order valence-corrected chi connectivity index (χ0v) is 17.5. The summed E-state index contributed by atoms with van der Waals surface area (Å²) in [7, 11) is 0. The highest BCUT2D eigenvalue weighted by molar-refractivity contribution is 5.80. The fraction of sp³-hybridized carbons (Fsp3) is 0.682. The summed E-state index contributed by atoms with van der Waals surface area (Å²) in [5.74, 6) is 0.667. The first-order valence-electron chi connectivity index (χ1n) is 11.0. The van der Waals surface area contributed by atoms with Crippen LogP contribution in [0.2, 0.25) is 0 Å². The second kappa shape index (κ2) is 12.0. The Kier molecular flexibility index (Phi) is 9.02. The summed E-state index contributed by atoms with van der Waals surface area (Å²) in [6.45, 7) is 7.80. The molecular formula is C22H35FN4O2. The molecule has 3 rings (SSSR count). The van der Waals surface area contributed by atoms with Gasteiger partial charge in [0.1, 0.15) is 5.82 Å². The maximum absolute atomic E-state index is 13.6. The number of hydrogen-bond donors (Lipinski definition) is 2. The fourth-order valence-electron chi connectivity index (χ4n) is 3.86. The standard InChI is InChI=1S/C22H35FN4O2/c1-2-24-22(25-11-5-13-29-21-9-14-28-15-10-21)26-19-7-4-12-27(17-19)20-8-3-6-18(23)16-20/h3,6,8,16,19,21H,2,4-5,7,9-15,17H2,1H3,(H2,24,25,26). The third kappa shape index (κ3) is 7.48. The van der Waals surface area contributed by atoms with Crippen LogP contribution in [0.1, 0.15) is 39.0 Å². The molecule has 29 heavy (non-hydrogen) atoms. The third-order valence-corrected chi connectivity index (χ3v) is 5.37. The van der Waals surface area contributed by atoms with Crippen molar-refractivity contribution < 1.29 is 13.9 Å². The van der Waals surface area contributed by atoms with Gasteiger partial charge in [-0.25, -0.2) is 4.39 Å². The Bertz CT molecular complexity index is 637. The molecular weight excluding hydrogens is 371 g/mol. The van der Waals surface area contributed by atoms with Gasteiger partial charge in [-0.3, -0.25) is 4.99 Å². The highest BCUT2D eigenvalue weighted by atomic mass is 19.1. The topological polar surface area (TPSA) is 58.1 Å². The molecule has 162 valence electrons. The van der Waals surface area contributed by atoms with Crippen molar-refractivity contribution in [1.29, 1.82) is 0 Å². The van der Waals surface area contributed by atoms with E-state index in [1.165, 1.54) is 6.07 Å². The highest BCUT2D eigenvalue weighted by Crippen LogP contribution is 2.20. The van der Waals surface area contributed by atoms with Crippen molar-refractivity contribution in [2.24, 2.45) is 4.99 Å². The maximum atomic E-state index is 13.6. The number of hydrogen-bond acceptors (Lipinski definition) is 4. The van der Waals surface area contributed by atoms with Crippen molar-refractivity contribution in [3.8, 4) is 0 Å². The molecule has 0 aliphatic carbocycles. The molecule has 0 saturated carbocycles. The molecule has 2 aliphatic heterocycles. The minimum Gasteiger partial charge on any atom is -0.381 e. The van der Waals surface area contributed by atoms with Crippen LogP contribution in [0.3, 0.4) is 0 Å². The van der Waals surface area contributed by atoms with E-state index in [0.717, 1.165) is 89.8 Å². The average molecular weight is 407 g/mol. The molecule has 0 spiro atoms. The second-order valence-corrected chi connectivity index (χ2v) is 7.71. The Morgan fingerprint density at radius 1 is 1.31 bits per heavy atom. The van der Waals surface area contributed by atoms with Crippen LogP contribution in [0.15, 0.2) is 29.3 Å². The lowest BCUT2D eigenvalue weighted by atomic mass is 10.0. The van der Waals surface area contributed by atoms with Crippen molar-refractivity contribution in [2.45, 2.75) is 51.2 Å². The first kappa shape index (κ1) is 21.8. The van der Waals surface area contributed by atoms with E-state index < -0.39 is 0 Å². The Hall–Kier alpha value is -1.86. The van der Waals surface area contributed by atoms with E-state index in [1.54, 1.807) is 12.1 Å². The van der Waals surface area contributed by atoms with E-state index in [2.05, 4.69) is 22.5 Å². The molecule has 2 saturated heterocycles. The van der Waals surface area contributed by atoms with Crippen LogP contribution in [0.25, 0.3) is 0 Å². The largest absolute Gasteiger partial charge is 0.381 e. The fourth-order valence-corrected chi connectivity index (χ4v) is 3.86. The summed E-state index contributed by atoms with van der Waals surface area (Å²) >= 11 is 0. The SMILES string of the molecule is CCNC(=NCCCOC1CCOCC1)NC1CCCN(c2cccc(F)c2)C1. The number of guanidine groups is 1. The predicted octanol–water partition coefficient (Wildman–Crippen LogP) is 2.94. The van der Waals surface area contributed by atoms with E-state index in [1.807, 2.05) is 6.07 Å². The van der Waals surface area contributed by atoms with Crippen LogP contribution in [-0.4, -0.2) is 64.1 Å². The van der Waals surface area contributed by atoms with Crippen LogP contribution >= 0.6 is 0 Å². The number of anilines is 1. The van der Waals surface area contributed by atoms with Crippen LogP contribution in [0.5, 0.6) is 0 Å². The molecule has 0 bridgehead atoms. The van der Waals surface area contributed by atoms with E-state index >= 15 is 0 Å². The van der Waals surface area contributed by atoms with Crippen LogP contribution in [0, 0.1) is 5.82 Å². The zero-order valence-electron chi connectivity index (χ0n) is 17.5. The highest BCUT2D eigenvalue weighted by Gasteiger charge is 2.21. The van der Waals surface area contributed by atoms with Gasteiger partial charge in [0.05, 0.1) is 6.10 Å². The molecule has 0 aromatic heterocycles. The molecule has 7 heteroatoms. The van der Waals surface area contributed by atoms with Gasteiger partial charge in [0.2, 0.25) is 0 Å². The van der Waals surface area contributed by atoms with Gasteiger partial charge in [-0.05, 0) is 57.2 Å². The quantitative estimate of drug-likeness (QED) is 0.395. The van der Waals surface area contributed by atoms with Crippen LogP contribution < -0.4 is 15.5 Å². The number of halogens is 1. The van der Waals surface area contributed by atoms with Crippen molar-refractivity contribution >= 4 is 11.6 Å². The number of rotatable bonds is 8. The molecule has 2 heterocycles. The van der Waals surface area contributed by atoms with Crippen molar-refractivity contribution in [3.63, 3.8) is 0 Å². The number of piperidine rings is 1. The van der Waals surface area contributed by atoms with Gasteiger partial charge in [-0.1, -0.05) is 6.07 Å². The van der Waals surface area contributed by atoms with Gasteiger partial charge in [0.25, 0.3) is 0 Å². The molecule has 1 atom stereocenters. The normalized spacial score (nSPS) is 21.2. The second-order valence-electron chi connectivity index (χ2n) is 7.71. The van der Waals surface area contributed by atoms with E-state index in [0.29, 0.717) is 12.1 Å². The lowest BCUT2D eigenvalue weighted by molar-refractivity contribution is -0.0318. The summed E-state index contributed by atoms with van der Waals surface area (Å²) in [4.78, 5) is 6.96. The van der Waals surface area contributed by atoms with Gasteiger partial charge in [-0.15, -0.1) is 0 Å². The zero-order chi connectivity index (χ0) is 20.3. The Morgan fingerprint density at radius 3 is 2.97 bits per heavy atom. The van der Waals surface area contributed by atoms with E-state index in [-0.39, 0.29) is 5.82 Å². The average Bonchev–Trinajstić information content (AvgIpc) is 2.74. The van der Waals surface area contributed by atoms with Gasteiger partial charge in [0, 0.05) is 57.7 Å². The number of benzene rings is 1. The minimum absolute atomic E-state index is 0.185. The van der Waals surface area contributed by atoms with Crippen molar-refractivity contribution in [2.75, 3.05) is 50.9 Å². The summed E-state index contributed by atoms with van der Waals surface area (Å²) < 4.78 is 24.8. The third-order valence-electron chi connectivity index (χ3n) is 5.37. The van der Waals surface area contributed by atoms with E-state index in [9.17, 15) is 4.39 Å². The lowest BCUT2D eigenvalue weighted by Gasteiger charge is -2.35. The molecule has 6 nitrogen and oxygen atoms in total. The molecule has 1 aromatic carbocycles. The molecule has 2 N–H and O–H groups in total. The predicted molar refractivity (Wildman–Crippen MR) is 115 cm³/mol. The molecule has 2 fully saturated rings. The molecule has 1 unspecified atom stereocenters. The summed E-state index contributed by atoms with van der Waals surface area (Å²) in [6, 6.07) is 7.15. The summed E-state index contributed by atoms with van der Waals surface area (Å²) in [5, 5.41) is 6.89. The molecule has 0 radical (unpaired) electrons. The molecule has 0 amide bonds. The number of nitrogens with one attached hydrogen (secondary N) is 2. The molecule has 1 aromatic rings.